The van der Waals surface area contributed by atoms with E-state index >= 15 is 0 Å². The van der Waals surface area contributed by atoms with Gasteiger partial charge in [0.15, 0.2) is 5.82 Å². The third kappa shape index (κ3) is 2.67. The molecule has 1 aromatic carbocycles. The predicted octanol–water partition coefficient (Wildman–Crippen LogP) is 2.86. The molecule has 0 amide bonds. The van der Waals surface area contributed by atoms with E-state index in [9.17, 15) is 4.39 Å². The third-order valence-electron chi connectivity index (χ3n) is 3.01. The van der Waals surface area contributed by atoms with Crippen LogP contribution in [0.25, 0.3) is 5.69 Å². The van der Waals surface area contributed by atoms with Gasteiger partial charge in [0.1, 0.15) is 18.3 Å². The van der Waals surface area contributed by atoms with Crippen LogP contribution < -0.4 is 5.32 Å². The molecule has 96 valence electrons. The van der Waals surface area contributed by atoms with Crippen LogP contribution in [-0.2, 0) is 0 Å². The van der Waals surface area contributed by atoms with E-state index in [0.717, 1.165) is 5.69 Å². The molecule has 4 nitrogen and oxygen atoms in total. The molecule has 0 fully saturated rings. The fourth-order valence-electron chi connectivity index (χ4n) is 1.54. The number of hydrogen-bond donors (Lipinski definition) is 1. The minimum absolute atomic E-state index is 0.293. The molecule has 1 unspecified atom stereocenters. The zero-order valence-electron chi connectivity index (χ0n) is 10.8. The molecule has 0 saturated carbocycles. The number of aromatic nitrogens is 3. The highest BCUT2D eigenvalue weighted by atomic mass is 19.1. The number of benzene rings is 1. The Balaban J connectivity index is 2.20. The van der Waals surface area contributed by atoms with Gasteiger partial charge < -0.3 is 5.32 Å². The van der Waals surface area contributed by atoms with Crippen LogP contribution >= 0.6 is 0 Å². The van der Waals surface area contributed by atoms with E-state index in [0.29, 0.717) is 17.6 Å². The second-order valence-corrected chi connectivity index (χ2v) is 4.68. The highest BCUT2D eigenvalue weighted by molar-refractivity contribution is 5.50. The lowest BCUT2D eigenvalue weighted by atomic mass is 10.1. The van der Waals surface area contributed by atoms with E-state index in [-0.39, 0.29) is 5.82 Å². The Bertz CT molecular complexity index is 508. The number of nitrogens with zero attached hydrogens (tertiary/aromatic N) is 3. The topological polar surface area (TPSA) is 42.7 Å². The number of rotatable bonds is 4. The maximum Gasteiger partial charge on any atom is 0.150 e. The third-order valence-corrected chi connectivity index (χ3v) is 3.01. The van der Waals surface area contributed by atoms with Gasteiger partial charge in [-0.3, -0.25) is 0 Å². The smallest absolute Gasteiger partial charge is 0.150 e. The van der Waals surface area contributed by atoms with E-state index in [1.54, 1.807) is 6.07 Å². The van der Waals surface area contributed by atoms with Crippen LogP contribution in [0.2, 0.25) is 0 Å². The van der Waals surface area contributed by atoms with Crippen molar-refractivity contribution in [2.75, 3.05) is 5.32 Å². The molecule has 1 N–H and O–H groups in total. The Hall–Kier alpha value is -1.91. The van der Waals surface area contributed by atoms with Crippen molar-refractivity contribution in [2.45, 2.75) is 26.8 Å². The van der Waals surface area contributed by atoms with Crippen LogP contribution in [0.5, 0.6) is 0 Å². The van der Waals surface area contributed by atoms with Crippen LogP contribution in [0.3, 0.4) is 0 Å². The van der Waals surface area contributed by atoms with Gasteiger partial charge in [-0.1, -0.05) is 13.8 Å². The molecule has 0 aliphatic heterocycles. The van der Waals surface area contributed by atoms with Gasteiger partial charge in [0, 0.05) is 11.7 Å². The minimum Gasteiger partial charge on any atom is -0.382 e. The summed E-state index contributed by atoms with van der Waals surface area (Å²) >= 11 is 0. The zero-order valence-corrected chi connectivity index (χ0v) is 10.8. The lowest BCUT2D eigenvalue weighted by molar-refractivity contribution is 0.558. The SMILES string of the molecule is CC(C)C(C)Nc1ccc(-n2cncn2)c(F)c1. The van der Waals surface area contributed by atoms with Crippen molar-refractivity contribution in [2.24, 2.45) is 5.92 Å². The maximum absolute atomic E-state index is 13.9. The lowest BCUT2D eigenvalue weighted by Crippen LogP contribution is -2.21. The minimum atomic E-state index is -0.318. The summed E-state index contributed by atoms with van der Waals surface area (Å²) in [6, 6.07) is 5.32. The summed E-state index contributed by atoms with van der Waals surface area (Å²) < 4.78 is 15.3. The van der Waals surface area contributed by atoms with Gasteiger partial charge in [-0.25, -0.2) is 14.1 Å². The summed E-state index contributed by atoms with van der Waals surface area (Å²) in [6.45, 7) is 6.32. The average Bonchev–Trinajstić information content (AvgIpc) is 2.82. The molecule has 0 aliphatic carbocycles. The van der Waals surface area contributed by atoms with Crippen LogP contribution in [0, 0.1) is 11.7 Å². The Morgan fingerprint density at radius 2 is 2.06 bits per heavy atom. The molecular formula is C13H17FN4. The molecule has 0 radical (unpaired) electrons. The summed E-state index contributed by atoms with van der Waals surface area (Å²) in [4.78, 5) is 3.80. The monoisotopic (exact) mass is 248 g/mol. The van der Waals surface area contributed by atoms with E-state index in [2.05, 4.69) is 36.2 Å². The van der Waals surface area contributed by atoms with Gasteiger partial charge in [0.25, 0.3) is 0 Å². The number of hydrogen-bond acceptors (Lipinski definition) is 3. The summed E-state index contributed by atoms with van der Waals surface area (Å²) in [5, 5.41) is 7.18. The van der Waals surface area contributed by atoms with Crippen molar-refractivity contribution in [1.82, 2.24) is 14.8 Å². The maximum atomic E-state index is 13.9. The quantitative estimate of drug-likeness (QED) is 0.904. The molecule has 0 saturated heterocycles. The first kappa shape index (κ1) is 12.5. The van der Waals surface area contributed by atoms with Crippen molar-refractivity contribution in [1.29, 1.82) is 0 Å². The molecule has 0 bridgehead atoms. The molecular weight excluding hydrogens is 231 g/mol. The molecule has 2 aromatic rings. The molecule has 18 heavy (non-hydrogen) atoms. The van der Waals surface area contributed by atoms with Crippen LogP contribution in [0.4, 0.5) is 10.1 Å². The van der Waals surface area contributed by atoms with E-state index < -0.39 is 0 Å². The molecule has 1 aromatic heterocycles. The summed E-state index contributed by atoms with van der Waals surface area (Å²) in [5.74, 6) is 0.171. The molecule has 1 heterocycles. The molecule has 2 rings (SSSR count). The molecule has 5 heteroatoms. The Morgan fingerprint density at radius 1 is 1.28 bits per heavy atom. The molecule has 0 spiro atoms. The van der Waals surface area contributed by atoms with Crippen molar-refractivity contribution >= 4 is 5.69 Å². The molecule has 1 atom stereocenters. The normalized spacial score (nSPS) is 12.7. The lowest BCUT2D eigenvalue weighted by Gasteiger charge is -2.19. The second kappa shape index (κ2) is 5.16. The number of halogens is 1. The fraction of sp³-hybridized carbons (Fsp3) is 0.385. The summed E-state index contributed by atoms with van der Waals surface area (Å²) in [7, 11) is 0. The Morgan fingerprint density at radius 3 is 2.61 bits per heavy atom. The first-order valence-electron chi connectivity index (χ1n) is 5.99. The summed E-state index contributed by atoms with van der Waals surface area (Å²) in [5.41, 5.74) is 1.17. The summed E-state index contributed by atoms with van der Waals surface area (Å²) in [6.07, 6.45) is 2.86. The second-order valence-electron chi connectivity index (χ2n) is 4.68. The Kier molecular flexibility index (Phi) is 3.60. The van der Waals surface area contributed by atoms with Crippen molar-refractivity contribution < 1.29 is 4.39 Å². The van der Waals surface area contributed by atoms with Crippen LogP contribution in [-0.4, -0.2) is 20.8 Å². The van der Waals surface area contributed by atoms with Crippen LogP contribution in [0.1, 0.15) is 20.8 Å². The number of nitrogens with one attached hydrogen (secondary N) is 1. The van der Waals surface area contributed by atoms with Gasteiger partial charge in [0.2, 0.25) is 0 Å². The van der Waals surface area contributed by atoms with E-state index in [4.69, 9.17) is 0 Å². The van der Waals surface area contributed by atoms with Crippen molar-refractivity contribution in [3.63, 3.8) is 0 Å². The van der Waals surface area contributed by atoms with E-state index in [1.165, 1.54) is 23.4 Å². The van der Waals surface area contributed by atoms with Gasteiger partial charge in [0.05, 0.1) is 0 Å². The predicted molar refractivity (Wildman–Crippen MR) is 69.2 cm³/mol. The van der Waals surface area contributed by atoms with Gasteiger partial charge in [-0.05, 0) is 31.0 Å². The van der Waals surface area contributed by atoms with Crippen LogP contribution in [0.15, 0.2) is 30.9 Å². The largest absolute Gasteiger partial charge is 0.382 e. The van der Waals surface area contributed by atoms with Crippen molar-refractivity contribution in [3.8, 4) is 5.69 Å². The highest BCUT2D eigenvalue weighted by Crippen LogP contribution is 2.19. The zero-order chi connectivity index (χ0) is 13.1. The van der Waals surface area contributed by atoms with Crippen molar-refractivity contribution in [3.05, 3.63) is 36.7 Å². The Labute approximate surface area is 106 Å². The van der Waals surface area contributed by atoms with Gasteiger partial charge in [-0.15, -0.1) is 0 Å². The first-order valence-corrected chi connectivity index (χ1v) is 5.99. The number of anilines is 1. The average molecular weight is 248 g/mol. The highest BCUT2D eigenvalue weighted by Gasteiger charge is 2.10. The standard InChI is InChI=1S/C13H17FN4/c1-9(2)10(3)17-11-4-5-13(12(14)6-11)18-8-15-7-16-18/h4-10,17H,1-3H3. The first-order chi connectivity index (χ1) is 8.58. The van der Waals surface area contributed by atoms with Gasteiger partial charge in [-0.2, -0.15) is 5.10 Å². The molecule has 0 aliphatic rings. The fourth-order valence-corrected chi connectivity index (χ4v) is 1.54. The van der Waals surface area contributed by atoms with E-state index in [1.807, 2.05) is 6.07 Å². The van der Waals surface area contributed by atoms with Gasteiger partial charge >= 0.3 is 0 Å².